The zero-order valence-corrected chi connectivity index (χ0v) is 13.3. The van der Waals surface area contributed by atoms with Crippen LogP contribution in [0.2, 0.25) is 0 Å². The van der Waals surface area contributed by atoms with E-state index in [9.17, 15) is 18.0 Å². The molecule has 0 bridgehead atoms. The van der Waals surface area contributed by atoms with Crippen molar-refractivity contribution in [3.05, 3.63) is 23.3 Å². The third-order valence-electron chi connectivity index (χ3n) is 4.62. The minimum absolute atomic E-state index is 0.132. The number of hydrogen-bond donors (Lipinski definition) is 0. The molecule has 7 heteroatoms. The number of nitrogens with zero attached hydrogens (tertiary/aromatic N) is 3. The summed E-state index contributed by atoms with van der Waals surface area (Å²) >= 11 is 0. The number of benzene rings is 1. The van der Waals surface area contributed by atoms with Crippen molar-refractivity contribution < 1.29 is 18.0 Å². The molecule has 0 aliphatic carbocycles. The topological polar surface area (TPSA) is 26.8 Å². The van der Waals surface area contributed by atoms with Gasteiger partial charge < -0.3 is 14.7 Å². The SMILES string of the molecule is CC(=O)N1CCc2cc(C(F)(F)F)c(N3CCN(C)CC3)cc21. The number of carbonyl (C=O) groups is 1. The zero-order chi connectivity index (χ0) is 16.8. The van der Waals surface area contributed by atoms with Gasteiger partial charge in [-0.2, -0.15) is 13.2 Å². The van der Waals surface area contributed by atoms with Crippen LogP contribution in [0.15, 0.2) is 12.1 Å². The Morgan fingerprint density at radius 1 is 1.04 bits per heavy atom. The van der Waals surface area contributed by atoms with E-state index in [2.05, 4.69) is 4.90 Å². The number of hydrogen-bond acceptors (Lipinski definition) is 3. The first-order valence-electron chi connectivity index (χ1n) is 7.73. The van der Waals surface area contributed by atoms with E-state index in [0.29, 0.717) is 37.3 Å². The van der Waals surface area contributed by atoms with E-state index in [1.807, 2.05) is 7.05 Å². The molecule has 0 radical (unpaired) electrons. The van der Waals surface area contributed by atoms with Crippen LogP contribution < -0.4 is 9.80 Å². The van der Waals surface area contributed by atoms with E-state index in [1.54, 1.807) is 15.9 Å². The molecule has 2 aliphatic heterocycles. The van der Waals surface area contributed by atoms with Crippen molar-refractivity contribution in [2.45, 2.75) is 19.5 Å². The smallest absolute Gasteiger partial charge is 0.368 e. The summed E-state index contributed by atoms with van der Waals surface area (Å²) in [5, 5.41) is 0. The van der Waals surface area contributed by atoms with Crippen LogP contribution in [0.5, 0.6) is 0 Å². The zero-order valence-electron chi connectivity index (χ0n) is 13.3. The van der Waals surface area contributed by atoms with E-state index in [-0.39, 0.29) is 11.6 Å². The molecule has 0 unspecified atom stereocenters. The van der Waals surface area contributed by atoms with Gasteiger partial charge in [0.15, 0.2) is 0 Å². The standard InChI is InChI=1S/C16H20F3N3O/c1-11(23)22-4-3-12-9-13(16(17,18)19)15(10-14(12)22)21-7-5-20(2)6-8-21/h9-10H,3-8H2,1-2H3. The number of rotatable bonds is 1. The van der Waals surface area contributed by atoms with Crippen LogP contribution in [0.25, 0.3) is 0 Å². The van der Waals surface area contributed by atoms with Gasteiger partial charge in [-0.1, -0.05) is 0 Å². The van der Waals surface area contributed by atoms with Crippen molar-refractivity contribution in [3.63, 3.8) is 0 Å². The lowest BCUT2D eigenvalue weighted by Gasteiger charge is -2.36. The van der Waals surface area contributed by atoms with Gasteiger partial charge in [-0.05, 0) is 31.2 Å². The second kappa shape index (κ2) is 5.70. The monoisotopic (exact) mass is 327 g/mol. The molecule has 0 atom stereocenters. The molecule has 0 N–H and O–H groups in total. The fraction of sp³-hybridized carbons (Fsp3) is 0.562. The Morgan fingerprint density at radius 2 is 1.70 bits per heavy atom. The van der Waals surface area contributed by atoms with Crippen LogP contribution in [-0.4, -0.2) is 50.6 Å². The number of amides is 1. The molecule has 0 spiro atoms. The second-order valence-electron chi connectivity index (χ2n) is 6.21. The number of halogens is 3. The highest BCUT2D eigenvalue weighted by atomic mass is 19.4. The maximum atomic E-state index is 13.5. The van der Waals surface area contributed by atoms with Gasteiger partial charge in [0.2, 0.25) is 5.91 Å². The number of piperazine rings is 1. The molecule has 3 rings (SSSR count). The van der Waals surface area contributed by atoms with Gasteiger partial charge >= 0.3 is 6.18 Å². The van der Waals surface area contributed by atoms with Crippen LogP contribution in [0.4, 0.5) is 24.5 Å². The summed E-state index contributed by atoms with van der Waals surface area (Å²) in [6.07, 6.45) is -3.92. The molecule has 2 aliphatic rings. The first-order chi connectivity index (χ1) is 10.8. The predicted molar refractivity (Wildman–Crippen MR) is 82.9 cm³/mol. The lowest BCUT2D eigenvalue weighted by molar-refractivity contribution is -0.137. The minimum Gasteiger partial charge on any atom is -0.368 e. The fourth-order valence-corrected chi connectivity index (χ4v) is 3.29. The lowest BCUT2D eigenvalue weighted by Crippen LogP contribution is -2.45. The first-order valence-corrected chi connectivity index (χ1v) is 7.73. The van der Waals surface area contributed by atoms with Gasteiger partial charge in [-0.25, -0.2) is 0 Å². The normalized spacial score (nSPS) is 19.2. The van der Waals surface area contributed by atoms with Gasteiger partial charge in [0.1, 0.15) is 0 Å². The number of fused-ring (bicyclic) bond motifs is 1. The molecule has 4 nitrogen and oxygen atoms in total. The fourth-order valence-electron chi connectivity index (χ4n) is 3.29. The van der Waals surface area contributed by atoms with Crippen LogP contribution in [0, 0.1) is 0 Å². The molecule has 1 saturated heterocycles. The Bertz CT molecular complexity index is 622. The summed E-state index contributed by atoms with van der Waals surface area (Å²) in [5.74, 6) is -0.132. The maximum Gasteiger partial charge on any atom is 0.418 e. The number of likely N-dealkylation sites (N-methyl/N-ethyl adjacent to an activating group) is 1. The summed E-state index contributed by atoms with van der Waals surface area (Å²) in [6, 6.07) is 2.78. The van der Waals surface area contributed by atoms with Gasteiger partial charge in [0.25, 0.3) is 0 Å². The van der Waals surface area contributed by atoms with Crippen LogP contribution in [0.1, 0.15) is 18.1 Å². The van der Waals surface area contributed by atoms with Crippen molar-refractivity contribution in [1.29, 1.82) is 0 Å². The number of anilines is 2. The Hall–Kier alpha value is -1.76. The third kappa shape index (κ3) is 3.02. The summed E-state index contributed by atoms with van der Waals surface area (Å²) in [4.78, 5) is 17.1. The van der Waals surface area contributed by atoms with Crippen LogP contribution in [-0.2, 0) is 17.4 Å². The molecule has 126 valence electrons. The molecule has 0 saturated carbocycles. The van der Waals surface area contributed by atoms with E-state index in [0.717, 1.165) is 13.1 Å². The van der Waals surface area contributed by atoms with Gasteiger partial charge in [0, 0.05) is 45.3 Å². The van der Waals surface area contributed by atoms with E-state index < -0.39 is 11.7 Å². The summed E-state index contributed by atoms with van der Waals surface area (Å²) < 4.78 is 40.5. The Kier molecular flexibility index (Phi) is 4.00. The molecule has 1 aromatic rings. The van der Waals surface area contributed by atoms with Gasteiger partial charge in [-0.15, -0.1) is 0 Å². The molecular weight excluding hydrogens is 307 g/mol. The van der Waals surface area contributed by atoms with E-state index in [4.69, 9.17) is 0 Å². The summed E-state index contributed by atoms with van der Waals surface area (Å²) in [7, 11) is 1.96. The average molecular weight is 327 g/mol. The van der Waals surface area contributed by atoms with Gasteiger partial charge in [0.05, 0.1) is 11.3 Å². The molecule has 1 amide bonds. The highest BCUT2D eigenvalue weighted by molar-refractivity contribution is 5.94. The minimum atomic E-state index is -4.39. The van der Waals surface area contributed by atoms with E-state index in [1.165, 1.54) is 13.0 Å². The predicted octanol–water partition coefficient (Wildman–Crippen LogP) is 2.37. The highest BCUT2D eigenvalue weighted by Crippen LogP contribution is 2.42. The second-order valence-corrected chi connectivity index (χ2v) is 6.21. The maximum absolute atomic E-state index is 13.5. The molecule has 0 aromatic heterocycles. The Balaban J connectivity index is 2.05. The van der Waals surface area contributed by atoms with E-state index >= 15 is 0 Å². The van der Waals surface area contributed by atoms with Crippen LogP contribution in [0.3, 0.4) is 0 Å². The van der Waals surface area contributed by atoms with Crippen LogP contribution >= 0.6 is 0 Å². The average Bonchev–Trinajstić information content (AvgIpc) is 2.89. The molecule has 23 heavy (non-hydrogen) atoms. The third-order valence-corrected chi connectivity index (χ3v) is 4.62. The lowest BCUT2D eigenvalue weighted by atomic mass is 10.0. The van der Waals surface area contributed by atoms with Gasteiger partial charge in [-0.3, -0.25) is 4.79 Å². The Morgan fingerprint density at radius 3 is 2.26 bits per heavy atom. The molecule has 2 heterocycles. The summed E-state index contributed by atoms with van der Waals surface area (Å²) in [6.45, 7) is 4.46. The quantitative estimate of drug-likeness (QED) is 0.792. The van der Waals surface area contributed by atoms with Crippen molar-refractivity contribution in [2.75, 3.05) is 49.6 Å². The molecule has 1 aromatic carbocycles. The van der Waals surface area contributed by atoms with Crippen molar-refractivity contribution >= 4 is 17.3 Å². The molecule has 1 fully saturated rings. The highest BCUT2D eigenvalue weighted by Gasteiger charge is 2.38. The van der Waals surface area contributed by atoms with Crippen molar-refractivity contribution in [1.82, 2.24) is 4.90 Å². The number of alkyl halides is 3. The van der Waals surface area contributed by atoms with Crippen molar-refractivity contribution in [3.8, 4) is 0 Å². The molecular formula is C16H20F3N3O. The number of carbonyl (C=O) groups excluding carboxylic acids is 1. The Labute approximate surface area is 133 Å². The summed E-state index contributed by atoms with van der Waals surface area (Å²) in [5.41, 5.74) is 0.827. The first kappa shape index (κ1) is 16.1. The largest absolute Gasteiger partial charge is 0.418 e. The van der Waals surface area contributed by atoms with Crippen molar-refractivity contribution in [2.24, 2.45) is 0 Å².